The lowest BCUT2D eigenvalue weighted by Gasteiger charge is -2.30. The molecule has 0 rings (SSSR count). The minimum absolute atomic E-state index is 0.469. The summed E-state index contributed by atoms with van der Waals surface area (Å²) in [6.45, 7) is 3.76. The van der Waals surface area contributed by atoms with E-state index in [1.807, 2.05) is 13.8 Å². The van der Waals surface area contributed by atoms with E-state index < -0.39 is 22.6 Å². The highest BCUT2D eigenvalue weighted by Gasteiger charge is 2.30. The van der Waals surface area contributed by atoms with Gasteiger partial charge in [-0.1, -0.05) is 26.7 Å². The minimum Gasteiger partial charge on any atom is -0.315 e. The molecule has 92 valence electrons. The fraction of sp³-hybridized carbons (Fsp3) is 1.00. The lowest BCUT2D eigenvalue weighted by atomic mass is 10.2. The van der Waals surface area contributed by atoms with Crippen LogP contribution in [0.1, 0.15) is 39.5 Å². The molecule has 0 radical (unpaired) electrons. The topological polar surface area (TPSA) is 110 Å². The van der Waals surface area contributed by atoms with E-state index in [0.29, 0.717) is 12.8 Å². The molecule has 0 amide bonds. The van der Waals surface area contributed by atoms with E-state index in [2.05, 4.69) is 0 Å². The maximum absolute atomic E-state index is 11.1. The maximum atomic E-state index is 11.1. The number of hydrogen-bond acceptors (Lipinski definition) is 4. The van der Waals surface area contributed by atoms with Crippen molar-refractivity contribution in [3.63, 3.8) is 0 Å². The predicted molar refractivity (Wildman–Crippen MR) is 59.2 cm³/mol. The lowest BCUT2D eigenvalue weighted by Crippen LogP contribution is -2.54. The van der Waals surface area contributed by atoms with Gasteiger partial charge in [0.25, 0.3) is 0 Å². The van der Waals surface area contributed by atoms with Crippen LogP contribution in [0.25, 0.3) is 0 Å². The molecule has 0 saturated heterocycles. The van der Waals surface area contributed by atoms with E-state index in [0.717, 1.165) is 17.1 Å². The fourth-order valence-electron chi connectivity index (χ4n) is 1.43. The maximum Gasteiger partial charge on any atom is 0.338 e. The Morgan fingerprint density at radius 2 is 1.47 bits per heavy atom. The molecule has 0 fully saturated rings. The zero-order chi connectivity index (χ0) is 12.1. The van der Waals surface area contributed by atoms with Crippen molar-refractivity contribution in [2.24, 2.45) is 11.5 Å². The van der Waals surface area contributed by atoms with Crippen LogP contribution in [0.3, 0.4) is 0 Å². The molecule has 0 aliphatic carbocycles. The van der Waals surface area contributed by atoms with Crippen molar-refractivity contribution in [1.82, 2.24) is 4.31 Å². The molecule has 0 aromatic rings. The van der Waals surface area contributed by atoms with Gasteiger partial charge in [0.1, 0.15) is 0 Å². The third-order valence-electron chi connectivity index (χ3n) is 2.09. The second-order valence-corrected chi connectivity index (χ2v) is 4.84. The second-order valence-electron chi connectivity index (χ2n) is 3.52. The van der Waals surface area contributed by atoms with Crippen LogP contribution in [-0.2, 0) is 10.3 Å². The van der Waals surface area contributed by atoms with Gasteiger partial charge in [-0.25, -0.2) is 0 Å². The first-order valence-corrected chi connectivity index (χ1v) is 6.51. The van der Waals surface area contributed by atoms with Crippen molar-refractivity contribution in [3.8, 4) is 0 Å². The van der Waals surface area contributed by atoms with Gasteiger partial charge in [0, 0.05) is 0 Å². The first-order chi connectivity index (χ1) is 6.84. The van der Waals surface area contributed by atoms with Gasteiger partial charge in [0.15, 0.2) is 0 Å². The quantitative estimate of drug-likeness (QED) is 0.436. The molecule has 2 unspecified atom stereocenters. The third-order valence-corrected chi connectivity index (χ3v) is 3.16. The average Bonchev–Trinajstić information content (AvgIpc) is 2.01. The summed E-state index contributed by atoms with van der Waals surface area (Å²) in [6.07, 6.45) is 0.880. The fourth-order valence-corrected chi connectivity index (χ4v) is 2.33. The summed E-state index contributed by atoms with van der Waals surface area (Å²) >= 11 is 0. The van der Waals surface area contributed by atoms with E-state index in [-0.39, 0.29) is 0 Å². The van der Waals surface area contributed by atoms with Crippen molar-refractivity contribution in [2.45, 2.75) is 51.9 Å². The molecule has 2 atom stereocenters. The third kappa shape index (κ3) is 4.89. The lowest BCUT2D eigenvalue weighted by molar-refractivity contribution is 0.211. The Morgan fingerprint density at radius 1 is 1.13 bits per heavy atom. The van der Waals surface area contributed by atoms with Crippen LogP contribution in [0.2, 0.25) is 0 Å². The summed E-state index contributed by atoms with van der Waals surface area (Å²) in [5.74, 6) is 0. The molecule has 0 aliphatic heterocycles. The number of hydrogen-bond donors (Lipinski definition) is 3. The Labute approximate surface area is 91.5 Å². The van der Waals surface area contributed by atoms with E-state index in [1.165, 1.54) is 0 Å². The molecular formula is C8H21N3O3S. The molecular weight excluding hydrogens is 218 g/mol. The Morgan fingerprint density at radius 3 is 1.67 bits per heavy atom. The standard InChI is InChI=1S/C8H21N3O3S/c1-3-5-7(9)11(15(12,13)14)8(10)6-4-2/h7-8H,3-6,9-10H2,1-2H3,(H,12,13,14). The Hall–Kier alpha value is -0.210. The van der Waals surface area contributed by atoms with Crippen LogP contribution < -0.4 is 11.5 Å². The zero-order valence-electron chi connectivity index (χ0n) is 9.26. The normalized spacial score (nSPS) is 16.7. The van der Waals surface area contributed by atoms with Crippen molar-refractivity contribution in [2.75, 3.05) is 0 Å². The van der Waals surface area contributed by atoms with Crippen LogP contribution in [0.4, 0.5) is 0 Å². The van der Waals surface area contributed by atoms with Crippen LogP contribution in [0, 0.1) is 0 Å². The molecule has 0 aromatic carbocycles. The Bertz CT molecular complexity index is 256. The predicted octanol–water partition coefficient (Wildman–Crippen LogP) is 0.261. The van der Waals surface area contributed by atoms with Gasteiger partial charge in [0.05, 0.1) is 12.3 Å². The molecule has 5 N–H and O–H groups in total. The van der Waals surface area contributed by atoms with Crippen molar-refractivity contribution >= 4 is 10.3 Å². The number of nitrogens with zero attached hydrogens (tertiary/aromatic N) is 1. The second kappa shape index (κ2) is 6.39. The van der Waals surface area contributed by atoms with Gasteiger partial charge >= 0.3 is 10.3 Å². The van der Waals surface area contributed by atoms with E-state index in [9.17, 15) is 8.42 Å². The summed E-state index contributed by atoms with van der Waals surface area (Å²) in [6, 6.07) is 0. The van der Waals surface area contributed by atoms with Gasteiger partial charge in [0.2, 0.25) is 0 Å². The summed E-state index contributed by atoms with van der Waals surface area (Å²) < 4.78 is 32.0. The van der Waals surface area contributed by atoms with Gasteiger partial charge in [-0.15, -0.1) is 4.31 Å². The van der Waals surface area contributed by atoms with Crippen LogP contribution in [0.15, 0.2) is 0 Å². The molecule has 0 bridgehead atoms. The van der Waals surface area contributed by atoms with E-state index in [4.69, 9.17) is 16.0 Å². The Kier molecular flexibility index (Phi) is 6.30. The highest BCUT2D eigenvalue weighted by Crippen LogP contribution is 2.12. The van der Waals surface area contributed by atoms with Gasteiger partial charge in [-0.3, -0.25) is 4.55 Å². The van der Waals surface area contributed by atoms with Crippen LogP contribution in [-0.4, -0.2) is 29.6 Å². The molecule has 0 spiro atoms. The van der Waals surface area contributed by atoms with Crippen molar-refractivity contribution in [1.29, 1.82) is 0 Å². The molecule has 0 saturated carbocycles. The summed E-state index contributed by atoms with van der Waals surface area (Å²) in [7, 11) is -4.32. The molecule has 6 nitrogen and oxygen atoms in total. The monoisotopic (exact) mass is 239 g/mol. The van der Waals surface area contributed by atoms with Crippen LogP contribution >= 0.6 is 0 Å². The number of rotatable bonds is 7. The largest absolute Gasteiger partial charge is 0.338 e. The SMILES string of the molecule is CCCC(N)N(C(N)CCC)S(=O)(=O)O. The Balaban J connectivity index is 4.73. The molecule has 15 heavy (non-hydrogen) atoms. The molecule has 0 aliphatic rings. The van der Waals surface area contributed by atoms with E-state index in [1.54, 1.807) is 0 Å². The van der Waals surface area contributed by atoms with E-state index >= 15 is 0 Å². The zero-order valence-corrected chi connectivity index (χ0v) is 10.1. The van der Waals surface area contributed by atoms with Crippen molar-refractivity contribution < 1.29 is 13.0 Å². The summed E-state index contributed by atoms with van der Waals surface area (Å²) in [4.78, 5) is 0. The molecule has 0 heterocycles. The summed E-state index contributed by atoms with van der Waals surface area (Å²) in [5, 5.41) is 0. The minimum atomic E-state index is -4.32. The average molecular weight is 239 g/mol. The van der Waals surface area contributed by atoms with Gasteiger partial charge in [-0.2, -0.15) is 8.42 Å². The summed E-state index contributed by atoms with van der Waals surface area (Å²) in [5.41, 5.74) is 11.3. The van der Waals surface area contributed by atoms with Crippen molar-refractivity contribution in [3.05, 3.63) is 0 Å². The first-order valence-electron chi connectivity index (χ1n) is 5.11. The molecule has 0 aromatic heterocycles. The number of nitrogens with two attached hydrogens (primary N) is 2. The highest BCUT2D eigenvalue weighted by molar-refractivity contribution is 7.83. The van der Waals surface area contributed by atoms with Gasteiger partial charge < -0.3 is 11.5 Å². The first kappa shape index (κ1) is 14.8. The highest BCUT2D eigenvalue weighted by atomic mass is 32.2. The van der Waals surface area contributed by atoms with Gasteiger partial charge in [-0.05, 0) is 12.8 Å². The smallest absolute Gasteiger partial charge is 0.315 e. The van der Waals surface area contributed by atoms with Crippen LogP contribution in [0.5, 0.6) is 0 Å². The molecule has 7 heteroatoms.